The number of nitrogens with zero attached hydrogens (tertiary/aromatic N) is 2. The van der Waals surface area contributed by atoms with Crippen LogP contribution in [-0.2, 0) is 11.1 Å². The van der Waals surface area contributed by atoms with Gasteiger partial charge in [0.05, 0.1) is 11.1 Å². The van der Waals surface area contributed by atoms with Crippen LogP contribution in [0.3, 0.4) is 0 Å². The molecule has 1 aliphatic heterocycles. The van der Waals surface area contributed by atoms with E-state index in [1.807, 2.05) is 0 Å². The van der Waals surface area contributed by atoms with Gasteiger partial charge in [-0.3, -0.25) is 0 Å². The molecule has 26 heavy (non-hydrogen) atoms. The fourth-order valence-electron chi connectivity index (χ4n) is 3.88. The minimum Gasteiger partial charge on any atom is -0.382 e. The Morgan fingerprint density at radius 1 is 0.731 bits per heavy atom. The predicted octanol–water partition coefficient (Wildman–Crippen LogP) is 6.11. The normalized spacial score (nSPS) is 18.7. The zero-order chi connectivity index (χ0) is 18.8. The maximum Gasteiger partial charge on any atom is 0.456 e. The molecule has 2 aromatic carbocycles. The van der Waals surface area contributed by atoms with Crippen molar-refractivity contribution in [3.8, 4) is 0 Å². The van der Waals surface area contributed by atoms with E-state index in [1.54, 1.807) is 0 Å². The van der Waals surface area contributed by atoms with Gasteiger partial charge in [0.15, 0.2) is 0 Å². The highest BCUT2D eigenvalue weighted by Gasteiger charge is 2.47. The van der Waals surface area contributed by atoms with Gasteiger partial charge >= 0.3 is 5.81 Å². The second-order valence-electron chi connectivity index (χ2n) is 7.41. The topological polar surface area (TPSA) is 6.48 Å². The predicted molar refractivity (Wildman–Crippen MR) is 116 cm³/mol. The van der Waals surface area contributed by atoms with E-state index in [2.05, 4.69) is 126 Å². The molecule has 0 aliphatic carbocycles. The highest BCUT2D eigenvalue weighted by Crippen LogP contribution is 2.42. The van der Waals surface area contributed by atoms with Crippen molar-refractivity contribution in [2.24, 2.45) is 0 Å². The molecule has 0 saturated carbocycles. The van der Waals surface area contributed by atoms with Gasteiger partial charge in [-0.05, 0) is 37.8 Å². The van der Waals surface area contributed by atoms with Crippen molar-refractivity contribution in [2.75, 3.05) is 0 Å². The van der Waals surface area contributed by atoms with Gasteiger partial charge in [-0.15, -0.1) is 0 Å². The quantitative estimate of drug-likeness (QED) is 0.530. The van der Waals surface area contributed by atoms with E-state index in [4.69, 9.17) is 0 Å². The smallest absolute Gasteiger partial charge is 0.382 e. The molecular weight excluding hydrogens is 383 g/mol. The Balaban J connectivity index is 1.95. The summed E-state index contributed by atoms with van der Waals surface area (Å²) in [6.45, 7) is 9.19. The maximum absolute atomic E-state index is 4.01. The van der Waals surface area contributed by atoms with Crippen molar-refractivity contribution in [1.29, 1.82) is 0 Å². The summed E-state index contributed by atoms with van der Waals surface area (Å²) in [7, 11) is 0. The van der Waals surface area contributed by atoms with Crippen LogP contribution in [0.1, 0.15) is 51.7 Å². The van der Waals surface area contributed by atoms with Crippen LogP contribution in [0.4, 0.5) is 0 Å². The summed E-state index contributed by atoms with van der Waals surface area (Å²) in [5.41, 5.74) is 2.56. The van der Waals surface area contributed by atoms with Gasteiger partial charge in [0, 0.05) is 12.4 Å². The Kier molecular flexibility index (Phi) is 5.52. The van der Waals surface area contributed by atoms with Crippen molar-refractivity contribution in [3.63, 3.8) is 0 Å². The van der Waals surface area contributed by atoms with Gasteiger partial charge in [-0.2, -0.15) is 0 Å². The highest BCUT2D eigenvalue weighted by atomic mass is 79.9. The van der Waals surface area contributed by atoms with Crippen LogP contribution >= 0.6 is 15.8 Å². The highest BCUT2D eigenvalue weighted by molar-refractivity contribution is 9.24. The van der Waals surface area contributed by atoms with Crippen molar-refractivity contribution in [1.82, 2.24) is 9.62 Å². The number of hydrogen-bond acceptors (Lipinski definition) is 2. The Bertz CT molecular complexity index is 688. The first-order valence-corrected chi connectivity index (χ1v) is 10.4. The van der Waals surface area contributed by atoms with Gasteiger partial charge in [0.2, 0.25) is 0 Å². The summed E-state index contributed by atoms with van der Waals surface area (Å²) < 4.78 is 0. The Morgan fingerprint density at radius 2 is 1.08 bits per heavy atom. The molecule has 0 aromatic heterocycles. The average Bonchev–Trinajstić information content (AvgIpc) is 3.10. The summed E-state index contributed by atoms with van der Waals surface area (Å²) in [6.07, 6.45) is 6.55. The maximum atomic E-state index is 4.01. The molecule has 1 heterocycles. The van der Waals surface area contributed by atoms with Crippen molar-refractivity contribution >= 4 is 21.6 Å². The van der Waals surface area contributed by atoms with Gasteiger partial charge in [0.25, 0.3) is 0 Å². The van der Waals surface area contributed by atoms with E-state index in [-0.39, 0.29) is 16.9 Å². The average molecular weight is 411 g/mol. The third-order valence-electron chi connectivity index (χ3n) is 6.15. The molecule has 0 fully saturated rings. The fourth-order valence-corrected chi connectivity index (χ4v) is 5.06. The largest absolute Gasteiger partial charge is 0.456 e. The zero-order valence-electron chi connectivity index (χ0n) is 16.2. The lowest BCUT2D eigenvalue weighted by atomic mass is 9.79. The molecule has 0 radical (unpaired) electrons. The van der Waals surface area contributed by atoms with Crippen molar-refractivity contribution in [3.05, 3.63) is 84.2 Å². The number of halogens is 1. The summed E-state index contributed by atoms with van der Waals surface area (Å²) in [5.74, 6) is 0.109. The van der Waals surface area contributed by atoms with E-state index in [1.165, 1.54) is 11.1 Å². The molecule has 0 saturated heterocycles. The second-order valence-corrected chi connectivity index (χ2v) is 8.23. The molecule has 2 nitrogen and oxygen atoms in total. The number of rotatable bonds is 6. The first-order valence-electron chi connectivity index (χ1n) is 9.47. The van der Waals surface area contributed by atoms with E-state index in [0.29, 0.717) is 0 Å². The van der Waals surface area contributed by atoms with Gasteiger partial charge in [0.1, 0.15) is 0 Å². The molecule has 0 amide bonds. The van der Waals surface area contributed by atoms with Gasteiger partial charge < -0.3 is 9.62 Å². The lowest BCUT2D eigenvalue weighted by Crippen LogP contribution is -2.54. The number of hydrogen-bond donors (Lipinski definition) is 0. The van der Waals surface area contributed by atoms with Crippen LogP contribution in [0, 0.1) is 0 Å². The van der Waals surface area contributed by atoms with Crippen LogP contribution in [0.25, 0.3) is 0 Å². The Labute approximate surface area is 167 Å². The van der Waals surface area contributed by atoms with E-state index in [9.17, 15) is 0 Å². The molecular formula is C22H28BBrN2. The van der Waals surface area contributed by atoms with Crippen LogP contribution in [0.2, 0.25) is 0 Å². The first kappa shape index (κ1) is 19.1. The van der Waals surface area contributed by atoms with Gasteiger partial charge in [-0.1, -0.05) is 90.3 Å². The lowest BCUT2D eigenvalue weighted by molar-refractivity contribution is 0.229. The first-order chi connectivity index (χ1) is 12.5. The van der Waals surface area contributed by atoms with Crippen LogP contribution in [0.15, 0.2) is 73.1 Å². The number of benzene rings is 2. The second kappa shape index (κ2) is 7.52. The molecule has 4 heteroatoms. The molecule has 136 valence electrons. The zero-order valence-corrected chi connectivity index (χ0v) is 17.8. The fraction of sp³-hybridized carbons (Fsp3) is 0.364. The monoisotopic (exact) mass is 410 g/mol. The minimum absolute atomic E-state index is 0.0635. The van der Waals surface area contributed by atoms with Crippen molar-refractivity contribution in [2.45, 2.75) is 51.6 Å². The van der Waals surface area contributed by atoms with E-state index in [0.717, 1.165) is 12.8 Å². The SMILES string of the molecule is CCC(C)(c1ccccc1)N1C=CN(C(C)(CC)c2ccccc2)B1Br. The summed E-state index contributed by atoms with van der Waals surface area (Å²) in [6, 6.07) is 21.6. The lowest BCUT2D eigenvalue weighted by Gasteiger charge is -2.46. The molecule has 3 rings (SSSR count). The van der Waals surface area contributed by atoms with Crippen LogP contribution in [0.5, 0.6) is 0 Å². The van der Waals surface area contributed by atoms with Gasteiger partial charge in [-0.25, -0.2) is 0 Å². The van der Waals surface area contributed by atoms with E-state index >= 15 is 0 Å². The van der Waals surface area contributed by atoms with E-state index < -0.39 is 0 Å². The molecule has 1 aliphatic rings. The molecule has 0 N–H and O–H groups in total. The molecule has 2 unspecified atom stereocenters. The van der Waals surface area contributed by atoms with Crippen LogP contribution in [-0.4, -0.2) is 15.4 Å². The van der Waals surface area contributed by atoms with Crippen molar-refractivity contribution < 1.29 is 0 Å². The minimum atomic E-state index is -0.0635. The summed E-state index contributed by atoms with van der Waals surface area (Å²) >= 11 is 4.01. The molecule has 0 spiro atoms. The summed E-state index contributed by atoms with van der Waals surface area (Å²) in [4.78, 5) is 4.89. The molecule has 0 bridgehead atoms. The third kappa shape index (κ3) is 3.09. The molecule has 2 atom stereocenters. The Morgan fingerprint density at radius 3 is 1.38 bits per heavy atom. The molecule has 2 aromatic rings. The van der Waals surface area contributed by atoms with Crippen LogP contribution < -0.4 is 0 Å². The third-order valence-corrected chi connectivity index (χ3v) is 7.04. The standard InChI is InChI=1S/C22H28BBrN2/c1-5-21(3,19-13-9-7-10-14-19)25-17-18-26(23(25)24)22(4,6-2)20-15-11-8-12-16-20/h7-18H,5-6H2,1-4H3. The summed E-state index contributed by atoms with van der Waals surface area (Å²) in [5, 5.41) is 0. The Hall–Kier alpha value is -1.68.